The van der Waals surface area contributed by atoms with Crippen LogP contribution in [0.25, 0.3) is 0 Å². The minimum atomic E-state index is -0.842. The predicted octanol–water partition coefficient (Wildman–Crippen LogP) is 15.4. The highest BCUT2D eigenvalue weighted by molar-refractivity contribution is 5.73. The number of fused-ring (bicyclic) bond motifs is 2. The molecule has 0 amide bonds. The van der Waals surface area contributed by atoms with Gasteiger partial charge in [0.05, 0.1) is 54.1 Å². The second kappa shape index (κ2) is 28.4. The first-order valence-corrected chi connectivity index (χ1v) is 29.7. The van der Waals surface area contributed by atoms with Gasteiger partial charge in [-0.3, -0.25) is 0 Å². The minimum Gasteiger partial charge on any atom is -0.502 e. The van der Waals surface area contributed by atoms with Crippen molar-refractivity contribution in [3.05, 3.63) is 94.0 Å². The van der Waals surface area contributed by atoms with E-state index >= 15 is 0 Å². The van der Waals surface area contributed by atoms with Gasteiger partial charge in [0.25, 0.3) is 0 Å². The van der Waals surface area contributed by atoms with Crippen molar-refractivity contribution in [2.45, 2.75) is 205 Å². The molecule has 0 fully saturated rings. The van der Waals surface area contributed by atoms with E-state index in [1.807, 2.05) is 48.5 Å². The molecule has 0 saturated carbocycles. The highest BCUT2D eigenvalue weighted by atomic mass is 16.5. The van der Waals surface area contributed by atoms with Crippen LogP contribution in [0.3, 0.4) is 0 Å². The number of hydrogen-bond donors (Lipinski definition) is 3. The van der Waals surface area contributed by atoms with Gasteiger partial charge in [-0.1, -0.05) is 148 Å². The molecule has 6 unspecified atom stereocenters. The quantitative estimate of drug-likeness (QED) is 0.0355. The molecule has 4 aliphatic rings. The average molecular weight is 1060 g/mol. The lowest BCUT2D eigenvalue weighted by atomic mass is 9.83. The molecule has 77 heavy (non-hydrogen) atoms. The Morgan fingerprint density at radius 1 is 0.545 bits per heavy atom. The normalized spacial score (nSPS) is 20.4. The summed E-state index contributed by atoms with van der Waals surface area (Å²) >= 11 is 0. The molecule has 12 nitrogen and oxygen atoms in total. The van der Waals surface area contributed by atoms with Crippen LogP contribution in [0.1, 0.15) is 201 Å². The van der Waals surface area contributed by atoms with E-state index in [2.05, 4.69) is 40.1 Å². The van der Waals surface area contributed by atoms with Crippen LogP contribution in [0, 0.1) is 0 Å². The van der Waals surface area contributed by atoms with Crippen molar-refractivity contribution in [1.29, 1.82) is 0 Å². The number of nitrogens with zero attached hydrogens (tertiary/aromatic N) is 2. The molecule has 0 aliphatic carbocycles. The molecule has 12 heteroatoms. The molecule has 8 rings (SSSR count). The number of aliphatic carboxylic acids is 2. The highest BCUT2D eigenvalue weighted by Gasteiger charge is 2.51. The van der Waals surface area contributed by atoms with E-state index in [-0.39, 0.29) is 27.8 Å². The zero-order chi connectivity index (χ0) is 55.0. The fraction of sp³-hybridized carbons (Fsp3) is 0.600. The zero-order valence-electron chi connectivity index (χ0n) is 48.0. The van der Waals surface area contributed by atoms with E-state index in [9.17, 15) is 24.9 Å². The zero-order valence-corrected chi connectivity index (χ0v) is 48.0. The number of phenols is 1. The van der Waals surface area contributed by atoms with Gasteiger partial charge in [-0.25, -0.2) is 9.59 Å². The van der Waals surface area contributed by atoms with Gasteiger partial charge < -0.3 is 48.0 Å². The number of ether oxygens (including phenoxy) is 5. The maximum absolute atomic E-state index is 13.8. The van der Waals surface area contributed by atoms with Gasteiger partial charge in [0.2, 0.25) is 5.75 Å². The number of carbonyl (C=O) groups is 2. The van der Waals surface area contributed by atoms with Crippen LogP contribution in [-0.2, 0) is 35.3 Å². The summed E-state index contributed by atoms with van der Waals surface area (Å²) in [7, 11) is 8.97. The molecule has 4 heterocycles. The maximum Gasteiger partial charge on any atom is 0.362 e. The van der Waals surface area contributed by atoms with E-state index in [4.69, 9.17) is 23.7 Å². The van der Waals surface area contributed by atoms with Crippen LogP contribution in [-0.4, -0.2) is 96.8 Å². The van der Waals surface area contributed by atoms with Crippen molar-refractivity contribution in [2.75, 3.05) is 48.5 Å². The summed E-state index contributed by atoms with van der Waals surface area (Å²) in [6.07, 6.45) is 26.5. The standard InChI is InChI=1S/C65H92N2O10/c1-8-10-12-14-16-18-20-22-24-26-28-52(64(69)70)66(3)38-36-48-43-57(74-6)59-45-51(48)54(66)40-46-30-33-50(34-31-46)76-58-42-47(32-35-56(58)73-5)41-55-61-49(44-60(75-7)62(68)63(61)77-59)37-39-67(55,4)53(65(71)72)29-27-25-23-21-19-17-15-13-11-9-2/h30-35,42-45,52-55H,8-29,36-41H2,1-7H3,(H-2,68,69,70,71,72)/p+2. The van der Waals surface area contributed by atoms with Gasteiger partial charge in [0, 0.05) is 44.1 Å². The number of carboxylic acid groups (broad SMARTS) is 2. The molecule has 6 bridgehead atoms. The number of quaternary nitrogens is 2. The van der Waals surface area contributed by atoms with Crippen LogP contribution in [0.2, 0.25) is 0 Å². The van der Waals surface area contributed by atoms with E-state index < -0.39 is 30.1 Å². The van der Waals surface area contributed by atoms with Crippen molar-refractivity contribution in [3.8, 4) is 46.0 Å². The van der Waals surface area contributed by atoms with E-state index in [1.165, 1.54) is 90.6 Å². The number of methoxy groups -OCH3 is 3. The number of carboxylic acids is 2. The molecule has 6 atom stereocenters. The highest BCUT2D eigenvalue weighted by Crippen LogP contribution is 2.54. The molecular formula is C65H94N2O10+2. The SMILES string of the molecule is CCCCCCCCCCCCC(C(=O)O)[N+]1(C)CCc2cc(OC)c3cc2C1Cc1ccc(cc1)Oc1cc(ccc1OC)CC1c2c(cc(OC)c(O)c2O3)CC[N+]1(C)C(CCCCCCCCCCCC)C(=O)O. The fourth-order valence-electron chi connectivity index (χ4n) is 13.2. The summed E-state index contributed by atoms with van der Waals surface area (Å²) in [5, 5.41) is 35.0. The Balaban J connectivity index is 1.31. The molecule has 4 aromatic carbocycles. The van der Waals surface area contributed by atoms with E-state index in [1.54, 1.807) is 14.2 Å². The van der Waals surface area contributed by atoms with Crippen molar-refractivity contribution >= 4 is 11.9 Å². The molecule has 3 N–H and O–H groups in total. The number of unbranched alkanes of at least 4 members (excludes halogenated alkanes) is 18. The number of benzene rings is 4. The van der Waals surface area contributed by atoms with Gasteiger partial charge in [-0.05, 0) is 77.6 Å². The summed E-state index contributed by atoms with van der Waals surface area (Å²) in [5.74, 6) is 1.22. The van der Waals surface area contributed by atoms with Gasteiger partial charge in [-0.2, -0.15) is 0 Å². The Bertz CT molecular complexity index is 2550. The monoisotopic (exact) mass is 1060 g/mol. The van der Waals surface area contributed by atoms with Crippen molar-refractivity contribution in [2.24, 2.45) is 0 Å². The smallest absolute Gasteiger partial charge is 0.362 e. The third-order valence-electron chi connectivity index (χ3n) is 17.9. The van der Waals surface area contributed by atoms with Crippen molar-refractivity contribution in [3.63, 3.8) is 0 Å². The van der Waals surface area contributed by atoms with Crippen LogP contribution in [0.4, 0.5) is 0 Å². The predicted molar refractivity (Wildman–Crippen MR) is 305 cm³/mol. The second-order valence-corrected chi connectivity index (χ2v) is 23.1. The topological polar surface area (TPSA) is 141 Å². The lowest BCUT2D eigenvalue weighted by Crippen LogP contribution is -2.61. The van der Waals surface area contributed by atoms with Crippen molar-refractivity contribution < 1.29 is 57.6 Å². The number of phenolic OH excluding ortho intramolecular Hbond substituents is 1. The third-order valence-corrected chi connectivity index (χ3v) is 17.9. The van der Waals surface area contributed by atoms with Crippen LogP contribution in [0.15, 0.2) is 60.7 Å². The minimum absolute atomic E-state index is 0.181. The van der Waals surface area contributed by atoms with Gasteiger partial charge in [-0.15, -0.1) is 0 Å². The molecule has 0 spiro atoms. The van der Waals surface area contributed by atoms with E-state index in [0.717, 1.165) is 78.3 Å². The largest absolute Gasteiger partial charge is 0.502 e. The number of rotatable bonds is 29. The van der Waals surface area contributed by atoms with Gasteiger partial charge in [0.1, 0.15) is 17.8 Å². The van der Waals surface area contributed by atoms with Gasteiger partial charge in [0.15, 0.2) is 46.6 Å². The fourth-order valence-corrected chi connectivity index (χ4v) is 13.2. The molecular weight excluding hydrogens is 969 g/mol. The Hall–Kier alpha value is -5.46. The Morgan fingerprint density at radius 2 is 1.00 bits per heavy atom. The number of aromatic hydroxyl groups is 1. The lowest BCUT2D eigenvalue weighted by Gasteiger charge is -2.49. The van der Waals surface area contributed by atoms with Crippen LogP contribution < -0.4 is 23.7 Å². The van der Waals surface area contributed by atoms with Crippen LogP contribution >= 0.6 is 0 Å². The summed E-state index contributed by atoms with van der Waals surface area (Å²) in [6, 6.07) is 17.7. The first kappa shape index (κ1) is 59.2. The molecule has 0 saturated heterocycles. The molecule has 0 aromatic heterocycles. The summed E-state index contributed by atoms with van der Waals surface area (Å²) in [4.78, 5) is 27.5. The van der Waals surface area contributed by atoms with Crippen molar-refractivity contribution in [1.82, 2.24) is 0 Å². The first-order valence-electron chi connectivity index (χ1n) is 29.7. The Morgan fingerprint density at radius 3 is 1.52 bits per heavy atom. The van der Waals surface area contributed by atoms with Gasteiger partial charge >= 0.3 is 11.9 Å². The number of likely N-dealkylation sites (N-methyl/N-ethyl adjacent to an activating group) is 2. The molecule has 422 valence electrons. The summed E-state index contributed by atoms with van der Waals surface area (Å²) < 4.78 is 32.3. The van der Waals surface area contributed by atoms with Crippen LogP contribution in [0.5, 0.6) is 46.0 Å². The molecule has 0 radical (unpaired) electrons. The number of hydrogen-bond acceptors (Lipinski definition) is 8. The first-order chi connectivity index (χ1) is 37.3. The lowest BCUT2D eigenvalue weighted by molar-refractivity contribution is -0.956. The Kier molecular flexibility index (Phi) is 21.9. The Labute approximate surface area is 461 Å². The summed E-state index contributed by atoms with van der Waals surface area (Å²) in [5.41, 5.74) is 5.61. The van der Waals surface area contributed by atoms with E-state index in [0.29, 0.717) is 84.8 Å². The average Bonchev–Trinajstić information content (AvgIpc) is 3.54. The second-order valence-electron chi connectivity index (χ2n) is 23.1. The summed E-state index contributed by atoms with van der Waals surface area (Å²) in [6.45, 7) is 5.65. The molecule has 4 aliphatic heterocycles. The maximum atomic E-state index is 13.8. The third kappa shape index (κ3) is 14.4. The molecule has 4 aromatic rings.